The second-order valence-electron chi connectivity index (χ2n) is 11.9. The van der Waals surface area contributed by atoms with Crippen molar-refractivity contribution >= 4 is 29.4 Å². The van der Waals surface area contributed by atoms with Crippen LogP contribution in [-0.4, -0.2) is 85.1 Å². The number of hydrogen-bond donors (Lipinski definition) is 3. The van der Waals surface area contributed by atoms with E-state index in [1.807, 2.05) is 60.7 Å². The molecule has 1 aliphatic rings. The molecule has 12 heteroatoms. The summed E-state index contributed by atoms with van der Waals surface area (Å²) in [5.74, 6) is -0.267. The Bertz CT molecular complexity index is 1340. The second-order valence-corrected chi connectivity index (χ2v) is 12.9. The Kier molecular flexibility index (Phi) is 15.0. The third-order valence-electron chi connectivity index (χ3n) is 7.80. The molecule has 4 rings (SSSR count). The Hall–Kier alpha value is -4.00. The third-order valence-corrected chi connectivity index (χ3v) is 8.55. The normalized spacial score (nSPS) is 15.3. The topological polar surface area (TPSA) is 131 Å². The van der Waals surface area contributed by atoms with E-state index in [1.165, 1.54) is 11.3 Å². The van der Waals surface area contributed by atoms with E-state index in [9.17, 15) is 14.4 Å². The van der Waals surface area contributed by atoms with E-state index < -0.39 is 18.2 Å². The zero-order valence-corrected chi connectivity index (χ0v) is 28.1. The van der Waals surface area contributed by atoms with Crippen molar-refractivity contribution in [3.63, 3.8) is 0 Å². The molecule has 47 heavy (non-hydrogen) atoms. The molecular formula is C35H47N5O6S. The number of morpholine rings is 1. The molecule has 0 bridgehead atoms. The molecular weight excluding hydrogens is 618 g/mol. The van der Waals surface area contributed by atoms with Crippen LogP contribution in [0.2, 0.25) is 0 Å². The van der Waals surface area contributed by atoms with Crippen molar-refractivity contribution in [3.8, 4) is 0 Å². The summed E-state index contributed by atoms with van der Waals surface area (Å²) >= 11 is 1.43. The minimum atomic E-state index is -0.776. The van der Waals surface area contributed by atoms with Gasteiger partial charge in [-0.15, -0.1) is 11.3 Å². The summed E-state index contributed by atoms with van der Waals surface area (Å²) in [7, 11) is 0. The number of alkyl carbamates (subject to hydrolysis) is 2. The van der Waals surface area contributed by atoms with Gasteiger partial charge in [-0.25, -0.2) is 9.59 Å². The number of rotatable bonds is 17. The lowest BCUT2D eigenvalue weighted by Gasteiger charge is -2.29. The number of benzene rings is 2. The summed E-state index contributed by atoms with van der Waals surface area (Å²) in [4.78, 5) is 46.4. The van der Waals surface area contributed by atoms with E-state index in [2.05, 4.69) is 25.8 Å². The van der Waals surface area contributed by atoms with Crippen molar-refractivity contribution in [1.82, 2.24) is 25.8 Å². The molecule has 3 amide bonds. The van der Waals surface area contributed by atoms with Crippen molar-refractivity contribution in [1.29, 1.82) is 0 Å². The fourth-order valence-corrected chi connectivity index (χ4v) is 5.91. The number of amides is 3. The van der Waals surface area contributed by atoms with Gasteiger partial charge in [0.15, 0.2) is 0 Å². The molecule has 3 aromatic rings. The van der Waals surface area contributed by atoms with Crippen molar-refractivity contribution in [3.05, 3.63) is 88.4 Å². The number of hydrogen-bond acceptors (Lipinski definition) is 9. The van der Waals surface area contributed by atoms with Crippen LogP contribution in [0.15, 0.2) is 72.4 Å². The molecule has 11 nitrogen and oxygen atoms in total. The monoisotopic (exact) mass is 665 g/mol. The Morgan fingerprint density at radius 3 is 2.04 bits per heavy atom. The number of carbonyl (C=O) groups excluding carboxylic acids is 3. The van der Waals surface area contributed by atoms with E-state index in [0.29, 0.717) is 51.9 Å². The molecule has 1 aliphatic heterocycles. The number of nitrogens with zero attached hydrogens (tertiary/aromatic N) is 2. The largest absolute Gasteiger partial charge is 0.447 e. The van der Waals surface area contributed by atoms with Gasteiger partial charge in [0.25, 0.3) is 0 Å². The van der Waals surface area contributed by atoms with Gasteiger partial charge in [-0.3, -0.25) is 14.7 Å². The zero-order valence-electron chi connectivity index (χ0n) is 27.3. The minimum absolute atomic E-state index is 0.152. The average molecular weight is 666 g/mol. The predicted molar refractivity (Wildman–Crippen MR) is 181 cm³/mol. The highest BCUT2D eigenvalue weighted by Gasteiger charge is 2.26. The van der Waals surface area contributed by atoms with Crippen LogP contribution < -0.4 is 16.0 Å². The molecule has 3 atom stereocenters. The highest BCUT2D eigenvalue weighted by molar-refractivity contribution is 7.09. The number of carbonyl (C=O) groups is 3. The Morgan fingerprint density at radius 2 is 1.47 bits per heavy atom. The van der Waals surface area contributed by atoms with Crippen molar-refractivity contribution < 1.29 is 28.6 Å². The van der Waals surface area contributed by atoms with Gasteiger partial charge in [-0.05, 0) is 57.1 Å². The van der Waals surface area contributed by atoms with Gasteiger partial charge >= 0.3 is 12.2 Å². The molecule has 1 fully saturated rings. The molecule has 1 saturated heterocycles. The van der Waals surface area contributed by atoms with E-state index in [1.54, 1.807) is 25.6 Å². The van der Waals surface area contributed by atoms with Crippen LogP contribution in [0.5, 0.6) is 0 Å². The van der Waals surface area contributed by atoms with Gasteiger partial charge < -0.3 is 30.2 Å². The lowest BCUT2D eigenvalue weighted by atomic mass is 9.95. The standard InChI is InChI=1S/C35H47N5O6S/c1-26(2)46-35(43)39-32(15-16-40-17-19-44-20-18-40)33(41)37-29(21-27-9-5-3-6-10-27)13-14-30(22-28-11-7-4-8-12-28)38-34(42)45-24-31-23-36-25-47-31/h3-12,23,25-26,29-30,32H,13-22,24H2,1-2H3,(H,37,41)(H,38,42)(H,39,43). The average Bonchev–Trinajstić information content (AvgIpc) is 3.59. The van der Waals surface area contributed by atoms with Crippen molar-refractivity contribution in [2.24, 2.45) is 0 Å². The van der Waals surface area contributed by atoms with Crippen LogP contribution in [0.4, 0.5) is 9.59 Å². The van der Waals surface area contributed by atoms with Crippen LogP contribution in [0.3, 0.4) is 0 Å². The predicted octanol–water partition coefficient (Wildman–Crippen LogP) is 4.71. The summed E-state index contributed by atoms with van der Waals surface area (Å²) in [5.41, 5.74) is 3.86. The van der Waals surface area contributed by atoms with Gasteiger partial charge in [-0.1, -0.05) is 60.7 Å². The summed E-state index contributed by atoms with van der Waals surface area (Å²) in [6, 6.07) is 18.7. The third kappa shape index (κ3) is 13.7. The second kappa shape index (κ2) is 19.6. The molecule has 3 N–H and O–H groups in total. The van der Waals surface area contributed by atoms with Gasteiger partial charge in [-0.2, -0.15) is 0 Å². The quantitative estimate of drug-likeness (QED) is 0.189. The smallest absolute Gasteiger partial charge is 0.408 e. The highest BCUT2D eigenvalue weighted by Crippen LogP contribution is 2.15. The summed E-state index contributed by atoms with van der Waals surface area (Å²) in [6.07, 6.45) is 3.04. The van der Waals surface area contributed by atoms with Crippen LogP contribution in [0.25, 0.3) is 0 Å². The van der Waals surface area contributed by atoms with Gasteiger partial charge in [0.05, 0.1) is 29.7 Å². The Labute approximate surface area is 281 Å². The molecule has 0 saturated carbocycles. The Morgan fingerprint density at radius 1 is 0.851 bits per heavy atom. The number of thiazole rings is 1. The molecule has 254 valence electrons. The Balaban J connectivity index is 1.45. The van der Waals surface area contributed by atoms with E-state index in [4.69, 9.17) is 14.2 Å². The maximum Gasteiger partial charge on any atom is 0.408 e. The van der Waals surface area contributed by atoms with Crippen molar-refractivity contribution in [2.45, 2.75) is 76.8 Å². The number of nitrogens with one attached hydrogen (secondary N) is 3. The first-order valence-electron chi connectivity index (χ1n) is 16.3. The maximum atomic E-state index is 13.8. The number of ether oxygens (including phenoxy) is 3. The van der Waals surface area contributed by atoms with E-state index >= 15 is 0 Å². The highest BCUT2D eigenvalue weighted by atomic mass is 32.1. The van der Waals surface area contributed by atoms with Crippen LogP contribution in [-0.2, 0) is 38.5 Å². The summed E-state index contributed by atoms with van der Waals surface area (Å²) < 4.78 is 16.3. The van der Waals surface area contributed by atoms with Gasteiger partial charge in [0.2, 0.25) is 5.91 Å². The zero-order chi connectivity index (χ0) is 33.3. The van der Waals surface area contributed by atoms with Crippen LogP contribution in [0.1, 0.15) is 49.1 Å². The van der Waals surface area contributed by atoms with E-state index in [-0.39, 0.29) is 30.7 Å². The fraction of sp³-hybridized carbons (Fsp3) is 0.486. The molecule has 0 aliphatic carbocycles. The fourth-order valence-electron chi connectivity index (χ4n) is 5.41. The first-order chi connectivity index (χ1) is 22.8. The molecule has 1 aromatic heterocycles. The molecule has 2 heterocycles. The number of aromatic nitrogens is 1. The summed E-state index contributed by atoms with van der Waals surface area (Å²) in [6.45, 7) is 7.19. The first kappa shape index (κ1) is 35.8. The lowest BCUT2D eigenvalue weighted by molar-refractivity contribution is -0.124. The molecule has 0 radical (unpaired) electrons. The first-order valence-corrected chi connectivity index (χ1v) is 17.2. The molecule has 0 spiro atoms. The molecule has 3 unspecified atom stereocenters. The van der Waals surface area contributed by atoms with Crippen LogP contribution in [0, 0.1) is 0 Å². The molecule has 2 aromatic carbocycles. The van der Waals surface area contributed by atoms with Gasteiger partial charge in [0.1, 0.15) is 12.6 Å². The summed E-state index contributed by atoms with van der Waals surface area (Å²) in [5, 5.41) is 9.07. The van der Waals surface area contributed by atoms with Gasteiger partial charge in [0, 0.05) is 37.9 Å². The lowest BCUT2D eigenvalue weighted by Crippen LogP contribution is -2.52. The van der Waals surface area contributed by atoms with Crippen molar-refractivity contribution in [2.75, 3.05) is 32.8 Å². The maximum absolute atomic E-state index is 13.8. The minimum Gasteiger partial charge on any atom is -0.447 e. The van der Waals surface area contributed by atoms with E-state index in [0.717, 1.165) is 29.1 Å². The van der Waals surface area contributed by atoms with Crippen LogP contribution >= 0.6 is 11.3 Å². The SMILES string of the molecule is CC(C)OC(=O)NC(CCN1CCOCC1)C(=O)NC(CCC(Cc1ccccc1)NC(=O)OCc1cncs1)Cc1ccccc1.